The van der Waals surface area contributed by atoms with Crippen LogP contribution in [0.25, 0.3) is 10.9 Å². The van der Waals surface area contributed by atoms with Gasteiger partial charge in [0.25, 0.3) is 15.9 Å². The number of rotatable bonds is 7. The number of aromatic nitrogens is 2. The summed E-state index contributed by atoms with van der Waals surface area (Å²) in [5, 5.41) is 5.27. The Balaban J connectivity index is 1.58. The molecule has 2 heterocycles. The van der Waals surface area contributed by atoms with Gasteiger partial charge >= 0.3 is 0 Å². The minimum Gasteiger partial charge on any atom is -0.346 e. The van der Waals surface area contributed by atoms with Crippen LogP contribution in [0.2, 0.25) is 5.02 Å². The zero-order valence-electron chi connectivity index (χ0n) is 20.4. The first-order chi connectivity index (χ1) is 17.4. The van der Waals surface area contributed by atoms with E-state index in [2.05, 4.69) is 5.10 Å². The van der Waals surface area contributed by atoms with E-state index in [0.717, 1.165) is 48.1 Å². The number of anilines is 1. The molecule has 12 heteroatoms. The molecule has 1 saturated carbocycles. The van der Waals surface area contributed by atoms with Gasteiger partial charge in [-0.05, 0) is 44.0 Å². The highest BCUT2D eigenvalue weighted by atomic mass is 35.5. The number of alkyl halides is 4. The first kappa shape index (κ1) is 26.2. The zero-order valence-corrected chi connectivity index (χ0v) is 22.0. The van der Waals surface area contributed by atoms with Crippen LogP contribution in [0, 0.1) is 0 Å². The standard InChI is InChI=1S/C25H27ClF4N4O2S/c1-23(14-27,15-28)32-12-13-33(25(16-32)10-11-25)22-21-19(26)4-3-5-20(21)34(31-22)37(35,36)18-8-6-17(7-9-18)24(2,29)30/h3-9H,10-16H2,1-2H3. The fourth-order valence-electron chi connectivity index (χ4n) is 5.02. The highest BCUT2D eigenvalue weighted by Crippen LogP contribution is 2.49. The highest BCUT2D eigenvalue weighted by molar-refractivity contribution is 7.90. The van der Waals surface area contributed by atoms with Crippen LogP contribution in [0.15, 0.2) is 47.4 Å². The van der Waals surface area contributed by atoms with Gasteiger partial charge in [0.2, 0.25) is 0 Å². The highest BCUT2D eigenvalue weighted by Gasteiger charge is 2.55. The molecule has 0 amide bonds. The Hall–Kier alpha value is -2.37. The largest absolute Gasteiger partial charge is 0.346 e. The van der Waals surface area contributed by atoms with Crippen molar-refractivity contribution in [1.82, 2.24) is 14.1 Å². The van der Waals surface area contributed by atoms with Crippen LogP contribution in [0.5, 0.6) is 0 Å². The molecule has 1 spiro atoms. The predicted molar refractivity (Wildman–Crippen MR) is 135 cm³/mol. The Kier molecular flexibility index (Phi) is 6.27. The minimum absolute atomic E-state index is 0.191. The summed E-state index contributed by atoms with van der Waals surface area (Å²) in [6, 6.07) is 9.27. The number of fused-ring (bicyclic) bond motifs is 1. The van der Waals surface area contributed by atoms with Crippen LogP contribution in [-0.4, -0.2) is 66.6 Å². The van der Waals surface area contributed by atoms with Crippen molar-refractivity contribution in [1.29, 1.82) is 0 Å². The van der Waals surface area contributed by atoms with Gasteiger partial charge in [-0.1, -0.05) is 29.8 Å². The third kappa shape index (κ3) is 4.28. The summed E-state index contributed by atoms with van der Waals surface area (Å²) in [6.07, 6.45) is 1.52. The van der Waals surface area contributed by atoms with Gasteiger partial charge in [-0.3, -0.25) is 4.90 Å². The zero-order chi connectivity index (χ0) is 26.8. The van der Waals surface area contributed by atoms with Gasteiger partial charge in [0.1, 0.15) is 13.3 Å². The molecule has 3 aromatic rings. The fraction of sp³-hybridized carbons (Fsp3) is 0.480. The average Bonchev–Trinajstić information content (AvgIpc) is 3.51. The second-order valence-electron chi connectivity index (χ2n) is 10.3. The molecule has 2 aromatic carbocycles. The number of benzene rings is 2. The molecule has 6 nitrogen and oxygen atoms in total. The van der Waals surface area contributed by atoms with Crippen LogP contribution in [0.4, 0.5) is 23.4 Å². The summed E-state index contributed by atoms with van der Waals surface area (Å²) in [5.41, 5.74) is -1.70. The molecule has 0 atom stereocenters. The van der Waals surface area contributed by atoms with Crippen molar-refractivity contribution >= 4 is 38.3 Å². The van der Waals surface area contributed by atoms with E-state index in [1.165, 1.54) is 0 Å². The molecule has 1 aliphatic heterocycles. The quantitative estimate of drug-likeness (QED) is 0.364. The van der Waals surface area contributed by atoms with Crippen molar-refractivity contribution in [3.63, 3.8) is 0 Å². The first-order valence-corrected chi connectivity index (χ1v) is 13.7. The molecule has 1 aromatic heterocycles. The van der Waals surface area contributed by atoms with Crippen molar-refractivity contribution in [3.05, 3.63) is 53.1 Å². The molecule has 2 fully saturated rings. The number of halogens is 5. The lowest BCUT2D eigenvalue weighted by Crippen LogP contribution is -2.63. The monoisotopic (exact) mass is 558 g/mol. The molecule has 1 aliphatic carbocycles. The van der Waals surface area contributed by atoms with E-state index < -0.39 is 40.4 Å². The number of hydrogen-bond acceptors (Lipinski definition) is 5. The number of piperazine rings is 1. The van der Waals surface area contributed by atoms with E-state index in [0.29, 0.717) is 35.9 Å². The molecule has 0 bridgehead atoms. The molecule has 0 radical (unpaired) electrons. The summed E-state index contributed by atoms with van der Waals surface area (Å²) < 4.78 is 82.9. The second kappa shape index (κ2) is 8.84. The average molecular weight is 559 g/mol. The third-order valence-corrected chi connectivity index (χ3v) is 9.48. The Morgan fingerprint density at radius 2 is 1.68 bits per heavy atom. The van der Waals surface area contributed by atoms with Gasteiger partial charge in [-0.15, -0.1) is 5.10 Å². The lowest BCUT2D eigenvalue weighted by Gasteiger charge is -2.48. The van der Waals surface area contributed by atoms with E-state index in [9.17, 15) is 26.0 Å². The van der Waals surface area contributed by atoms with E-state index in [1.54, 1.807) is 25.1 Å². The smallest absolute Gasteiger partial charge is 0.283 e. The lowest BCUT2D eigenvalue weighted by atomic mass is 9.99. The van der Waals surface area contributed by atoms with Gasteiger partial charge in [0.15, 0.2) is 5.82 Å². The Morgan fingerprint density at radius 1 is 1.03 bits per heavy atom. The van der Waals surface area contributed by atoms with E-state index in [1.807, 2.05) is 9.80 Å². The molecule has 2 aliphatic rings. The van der Waals surface area contributed by atoms with Gasteiger partial charge in [-0.2, -0.15) is 12.5 Å². The van der Waals surface area contributed by atoms with Crippen LogP contribution in [0.3, 0.4) is 0 Å². The maximum atomic E-state index is 13.7. The Labute approximate surface area is 217 Å². The van der Waals surface area contributed by atoms with Gasteiger partial charge in [0.05, 0.1) is 31.9 Å². The third-order valence-electron chi connectivity index (χ3n) is 7.57. The van der Waals surface area contributed by atoms with Gasteiger partial charge < -0.3 is 4.90 Å². The summed E-state index contributed by atoms with van der Waals surface area (Å²) in [5.74, 6) is -2.73. The molecule has 200 valence electrons. The molecule has 1 saturated heterocycles. The predicted octanol–water partition coefficient (Wildman–Crippen LogP) is 5.39. The number of nitrogens with zero attached hydrogens (tertiary/aromatic N) is 4. The molecular formula is C25H27ClF4N4O2S. The lowest BCUT2D eigenvalue weighted by molar-refractivity contribution is 0.0174. The summed E-state index contributed by atoms with van der Waals surface area (Å²) >= 11 is 6.55. The van der Waals surface area contributed by atoms with E-state index >= 15 is 0 Å². The minimum atomic E-state index is -4.26. The van der Waals surface area contributed by atoms with Crippen LogP contribution >= 0.6 is 11.6 Å². The SMILES string of the molecule is CC(F)(F)c1ccc(S(=O)(=O)n2nc(N3CCN(C(C)(CF)CF)CC34CC4)c3c(Cl)cccc32)cc1. The van der Waals surface area contributed by atoms with Crippen molar-refractivity contribution in [2.24, 2.45) is 0 Å². The van der Waals surface area contributed by atoms with Crippen LogP contribution in [-0.2, 0) is 15.9 Å². The van der Waals surface area contributed by atoms with E-state index in [-0.39, 0.29) is 16.0 Å². The Morgan fingerprint density at radius 3 is 2.24 bits per heavy atom. The summed E-state index contributed by atoms with van der Waals surface area (Å²) in [7, 11) is -4.26. The molecular weight excluding hydrogens is 532 g/mol. The maximum Gasteiger partial charge on any atom is 0.283 e. The first-order valence-electron chi connectivity index (χ1n) is 11.9. The van der Waals surface area contributed by atoms with Crippen molar-refractivity contribution in [3.8, 4) is 0 Å². The Bertz CT molecular complexity index is 1430. The molecule has 37 heavy (non-hydrogen) atoms. The molecule has 0 unspecified atom stereocenters. The van der Waals surface area contributed by atoms with Crippen LogP contribution < -0.4 is 4.90 Å². The number of hydrogen-bond donors (Lipinski definition) is 0. The maximum absolute atomic E-state index is 13.7. The fourth-order valence-corrected chi connectivity index (χ4v) is 6.55. The van der Waals surface area contributed by atoms with Crippen molar-refractivity contribution in [2.45, 2.75) is 48.6 Å². The normalized spacial score (nSPS) is 18.6. The van der Waals surface area contributed by atoms with Gasteiger partial charge in [-0.25, -0.2) is 17.6 Å². The summed E-state index contributed by atoms with van der Waals surface area (Å²) in [6.45, 7) is 1.83. The molecule has 0 N–H and O–H groups in total. The van der Waals surface area contributed by atoms with Gasteiger partial charge in [0, 0.05) is 32.1 Å². The van der Waals surface area contributed by atoms with Crippen LogP contribution in [0.1, 0.15) is 32.3 Å². The molecule has 5 rings (SSSR count). The van der Waals surface area contributed by atoms with E-state index in [4.69, 9.17) is 11.6 Å². The topological polar surface area (TPSA) is 58.4 Å². The van der Waals surface area contributed by atoms with Crippen molar-refractivity contribution in [2.75, 3.05) is 37.9 Å². The summed E-state index contributed by atoms with van der Waals surface area (Å²) in [4.78, 5) is 3.63. The van der Waals surface area contributed by atoms with Crippen molar-refractivity contribution < 1.29 is 26.0 Å². The second-order valence-corrected chi connectivity index (χ2v) is 12.5.